The van der Waals surface area contributed by atoms with Crippen LogP contribution in [-0.2, 0) is 11.2 Å². The van der Waals surface area contributed by atoms with Gasteiger partial charge in [-0.2, -0.15) is 10.2 Å². The van der Waals surface area contributed by atoms with Crippen LogP contribution in [0.1, 0.15) is 17.0 Å². The van der Waals surface area contributed by atoms with Crippen LogP contribution in [0.4, 0.5) is 5.82 Å². The van der Waals surface area contributed by atoms with E-state index >= 15 is 0 Å². The van der Waals surface area contributed by atoms with Crippen molar-refractivity contribution in [1.82, 2.24) is 19.9 Å². The number of nitrogens with two attached hydrogens (primary N) is 1. The van der Waals surface area contributed by atoms with Crippen LogP contribution in [-0.4, -0.2) is 53.8 Å². The molecule has 0 aliphatic heterocycles. The van der Waals surface area contributed by atoms with Crippen LogP contribution < -0.4 is 15.4 Å². The maximum absolute atomic E-state index is 9.34. The Morgan fingerprint density at radius 1 is 1.16 bits per heavy atom. The van der Waals surface area contributed by atoms with Gasteiger partial charge in [0.15, 0.2) is 5.82 Å². The lowest BCUT2D eigenvalue weighted by Crippen LogP contribution is -2.23. The summed E-state index contributed by atoms with van der Waals surface area (Å²) in [6.07, 6.45) is 4.19. The number of rotatable bonds is 9. The average molecular weight is 419 g/mol. The van der Waals surface area contributed by atoms with E-state index in [2.05, 4.69) is 26.0 Å². The van der Waals surface area contributed by atoms with Gasteiger partial charge in [-0.3, -0.25) is 0 Å². The second-order valence-electron chi connectivity index (χ2n) is 6.90. The van der Waals surface area contributed by atoms with Crippen LogP contribution in [0.5, 0.6) is 11.6 Å². The van der Waals surface area contributed by atoms with E-state index in [9.17, 15) is 5.26 Å². The summed E-state index contributed by atoms with van der Waals surface area (Å²) in [6, 6.07) is 9.00. The highest BCUT2D eigenvalue weighted by Crippen LogP contribution is 2.32. The van der Waals surface area contributed by atoms with E-state index in [1.807, 2.05) is 11.9 Å². The molecule has 0 aliphatic rings. The van der Waals surface area contributed by atoms with Gasteiger partial charge in [0.2, 0.25) is 5.88 Å². The van der Waals surface area contributed by atoms with Gasteiger partial charge in [0.05, 0.1) is 23.8 Å². The summed E-state index contributed by atoms with van der Waals surface area (Å²) in [5.74, 6) is 2.57. The minimum Gasteiger partial charge on any atom is -0.438 e. The third kappa shape index (κ3) is 5.72. The number of aromatic nitrogens is 4. The molecule has 2 aromatic heterocycles. The Kier molecular flexibility index (Phi) is 7.43. The SMILES string of the molecule is COCCN(C)c1cc(Oc2cc(C#N)ccc2-c2ncc(CCN)cn2)nc(C)n1. The monoisotopic (exact) mass is 419 g/mol. The predicted molar refractivity (Wildman–Crippen MR) is 117 cm³/mol. The Labute approximate surface area is 181 Å². The zero-order valence-electron chi connectivity index (χ0n) is 17.9. The summed E-state index contributed by atoms with van der Waals surface area (Å²) in [5, 5.41) is 9.34. The number of aryl methyl sites for hydroxylation is 1. The Balaban J connectivity index is 1.95. The summed E-state index contributed by atoms with van der Waals surface area (Å²) in [5.41, 5.74) is 7.67. The van der Waals surface area contributed by atoms with Crippen molar-refractivity contribution < 1.29 is 9.47 Å². The van der Waals surface area contributed by atoms with Crippen LogP contribution in [0, 0.1) is 18.3 Å². The van der Waals surface area contributed by atoms with Crippen LogP contribution in [0.15, 0.2) is 36.7 Å². The lowest BCUT2D eigenvalue weighted by atomic mass is 10.1. The van der Waals surface area contributed by atoms with Gasteiger partial charge in [0, 0.05) is 39.2 Å². The molecule has 0 spiro atoms. The molecule has 0 saturated carbocycles. The third-order valence-corrected chi connectivity index (χ3v) is 4.53. The molecule has 3 aromatic rings. The number of ether oxygens (including phenoxy) is 2. The zero-order chi connectivity index (χ0) is 22.2. The van der Waals surface area contributed by atoms with E-state index in [-0.39, 0.29) is 0 Å². The Morgan fingerprint density at radius 3 is 2.61 bits per heavy atom. The Morgan fingerprint density at radius 2 is 1.94 bits per heavy atom. The Hall–Kier alpha value is -3.61. The van der Waals surface area contributed by atoms with Gasteiger partial charge in [0.25, 0.3) is 0 Å². The van der Waals surface area contributed by atoms with Gasteiger partial charge < -0.3 is 20.1 Å². The maximum atomic E-state index is 9.34. The largest absolute Gasteiger partial charge is 0.438 e. The number of likely N-dealkylation sites (N-methyl/N-ethyl adjacent to an activating group) is 1. The van der Waals surface area contributed by atoms with E-state index in [0.29, 0.717) is 66.3 Å². The fourth-order valence-corrected chi connectivity index (χ4v) is 2.88. The lowest BCUT2D eigenvalue weighted by molar-refractivity contribution is 0.206. The predicted octanol–water partition coefficient (Wildman–Crippen LogP) is 2.49. The van der Waals surface area contributed by atoms with E-state index in [0.717, 1.165) is 5.56 Å². The molecule has 1 aromatic carbocycles. The quantitative estimate of drug-likeness (QED) is 0.557. The lowest BCUT2D eigenvalue weighted by Gasteiger charge is -2.19. The molecule has 0 bridgehead atoms. The first kappa shape index (κ1) is 22.1. The second-order valence-corrected chi connectivity index (χ2v) is 6.90. The summed E-state index contributed by atoms with van der Waals surface area (Å²) in [7, 11) is 3.57. The number of nitrogens with zero attached hydrogens (tertiary/aromatic N) is 6. The van der Waals surface area contributed by atoms with Gasteiger partial charge >= 0.3 is 0 Å². The summed E-state index contributed by atoms with van der Waals surface area (Å²) >= 11 is 0. The topological polar surface area (TPSA) is 123 Å². The molecule has 31 heavy (non-hydrogen) atoms. The summed E-state index contributed by atoms with van der Waals surface area (Å²) in [4.78, 5) is 19.7. The van der Waals surface area contributed by atoms with Crippen molar-refractivity contribution in [2.75, 3.05) is 38.8 Å². The van der Waals surface area contributed by atoms with Gasteiger partial charge in [-0.1, -0.05) is 0 Å². The molecule has 9 heteroatoms. The van der Waals surface area contributed by atoms with Crippen LogP contribution in [0.3, 0.4) is 0 Å². The van der Waals surface area contributed by atoms with Crippen molar-refractivity contribution in [2.24, 2.45) is 5.73 Å². The van der Waals surface area contributed by atoms with Gasteiger partial charge in [-0.05, 0) is 43.7 Å². The summed E-state index contributed by atoms with van der Waals surface area (Å²) in [6.45, 7) is 3.57. The Bertz CT molecular complexity index is 1060. The first-order valence-electron chi connectivity index (χ1n) is 9.83. The molecule has 2 N–H and O–H groups in total. The van der Waals surface area contributed by atoms with Crippen LogP contribution in [0.2, 0.25) is 0 Å². The molecule has 9 nitrogen and oxygen atoms in total. The highest BCUT2D eigenvalue weighted by Gasteiger charge is 2.14. The number of anilines is 1. The molecule has 160 valence electrons. The third-order valence-electron chi connectivity index (χ3n) is 4.53. The fraction of sp³-hybridized carbons (Fsp3) is 0.318. The van der Waals surface area contributed by atoms with Crippen molar-refractivity contribution in [3.63, 3.8) is 0 Å². The van der Waals surface area contributed by atoms with Gasteiger partial charge in [0.1, 0.15) is 17.4 Å². The number of methoxy groups -OCH3 is 1. The standard InChI is InChI=1S/C22H25N7O2/c1-15-27-20(29(2)8-9-30-3)11-21(28-15)31-19-10-16(12-24)4-5-18(19)22-25-13-17(6-7-23)14-26-22/h4-5,10-11,13-14H,6-9,23H2,1-3H3. The smallest absolute Gasteiger partial charge is 0.224 e. The number of nitriles is 1. The van der Waals surface area contributed by atoms with E-state index in [1.54, 1.807) is 50.7 Å². The van der Waals surface area contributed by atoms with Crippen LogP contribution >= 0.6 is 0 Å². The van der Waals surface area contributed by atoms with Crippen molar-refractivity contribution in [1.29, 1.82) is 5.26 Å². The molecule has 0 atom stereocenters. The maximum Gasteiger partial charge on any atom is 0.224 e. The number of benzene rings is 1. The summed E-state index contributed by atoms with van der Waals surface area (Å²) < 4.78 is 11.2. The molecular weight excluding hydrogens is 394 g/mol. The molecule has 0 amide bonds. The van der Waals surface area contributed by atoms with E-state index in [1.165, 1.54) is 0 Å². The molecular formula is C22H25N7O2. The number of hydrogen-bond acceptors (Lipinski definition) is 9. The molecule has 2 heterocycles. The van der Waals surface area contributed by atoms with E-state index in [4.69, 9.17) is 15.2 Å². The molecule has 0 radical (unpaired) electrons. The average Bonchev–Trinajstić information content (AvgIpc) is 2.78. The normalized spacial score (nSPS) is 10.5. The van der Waals surface area contributed by atoms with E-state index < -0.39 is 0 Å². The zero-order valence-corrected chi connectivity index (χ0v) is 17.9. The number of hydrogen-bond donors (Lipinski definition) is 1. The minimum absolute atomic E-state index is 0.364. The van der Waals surface area contributed by atoms with Crippen molar-refractivity contribution >= 4 is 5.82 Å². The molecule has 0 aliphatic carbocycles. The molecule has 3 rings (SSSR count). The van der Waals surface area contributed by atoms with Gasteiger partial charge in [-0.15, -0.1) is 0 Å². The molecule has 0 fully saturated rings. The molecule has 0 unspecified atom stereocenters. The molecule has 0 saturated heterocycles. The van der Waals surface area contributed by atoms with Crippen LogP contribution in [0.25, 0.3) is 11.4 Å². The highest BCUT2D eigenvalue weighted by atomic mass is 16.5. The fourth-order valence-electron chi connectivity index (χ4n) is 2.88. The minimum atomic E-state index is 0.364. The first-order chi connectivity index (χ1) is 15.0. The van der Waals surface area contributed by atoms with Gasteiger partial charge in [-0.25, -0.2) is 15.0 Å². The van der Waals surface area contributed by atoms with Crippen molar-refractivity contribution in [3.05, 3.63) is 53.6 Å². The first-order valence-corrected chi connectivity index (χ1v) is 9.83. The van der Waals surface area contributed by atoms with Crippen molar-refractivity contribution in [3.8, 4) is 29.1 Å². The van der Waals surface area contributed by atoms with Crippen molar-refractivity contribution in [2.45, 2.75) is 13.3 Å². The second kappa shape index (κ2) is 10.4. The highest BCUT2D eigenvalue weighted by molar-refractivity contribution is 5.66.